The van der Waals surface area contributed by atoms with Gasteiger partial charge >= 0.3 is 0 Å². The summed E-state index contributed by atoms with van der Waals surface area (Å²) in [6.07, 6.45) is 0. The Labute approximate surface area is 195 Å². The molecule has 1 aliphatic rings. The number of nitrogens with one attached hydrogen (secondary N) is 2. The molecule has 9 heteroatoms. The third-order valence-corrected chi connectivity index (χ3v) is 6.52. The van der Waals surface area contributed by atoms with E-state index in [1.807, 2.05) is 13.0 Å². The monoisotopic (exact) mass is 488 g/mol. The van der Waals surface area contributed by atoms with Gasteiger partial charge in [0.15, 0.2) is 0 Å². The predicted octanol–water partition coefficient (Wildman–Crippen LogP) is 5.59. The molecule has 1 fully saturated rings. The van der Waals surface area contributed by atoms with Gasteiger partial charge in [0.2, 0.25) is 5.91 Å². The van der Waals surface area contributed by atoms with Crippen molar-refractivity contribution in [1.82, 2.24) is 5.32 Å². The summed E-state index contributed by atoms with van der Waals surface area (Å²) in [6, 6.07) is 8.24. The molecule has 2 amide bonds. The lowest BCUT2D eigenvalue weighted by atomic mass is 10.0. The molecule has 0 spiro atoms. The maximum absolute atomic E-state index is 12.9. The zero-order valence-electron chi connectivity index (χ0n) is 16.5. The van der Waals surface area contributed by atoms with E-state index in [-0.39, 0.29) is 22.4 Å². The van der Waals surface area contributed by atoms with Gasteiger partial charge in [0.25, 0.3) is 5.91 Å². The number of rotatable bonds is 6. The minimum atomic E-state index is -1.27. The fourth-order valence-electron chi connectivity index (χ4n) is 3.52. The molecule has 2 atom stereocenters. The molecular weight excluding hydrogens is 470 g/mol. The van der Waals surface area contributed by atoms with Crippen molar-refractivity contribution in [3.8, 4) is 5.75 Å². The molecule has 3 rings (SSSR count). The maximum atomic E-state index is 12.9. The number of hydrogen-bond acceptors (Lipinski definition) is 3. The number of carbonyl (C=O) groups is 2. The van der Waals surface area contributed by atoms with Crippen molar-refractivity contribution in [1.29, 1.82) is 0 Å². The second-order valence-electron chi connectivity index (χ2n) is 7.03. The van der Waals surface area contributed by atoms with Gasteiger partial charge in [-0.3, -0.25) is 9.59 Å². The summed E-state index contributed by atoms with van der Waals surface area (Å²) in [5.74, 6) is -1.24. The molecule has 0 bridgehead atoms. The van der Waals surface area contributed by atoms with Crippen molar-refractivity contribution in [3.05, 3.63) is 57.1 Å². The van der Waals surface area contributed by atoms with Crippen molar-refractivity contribution in [2.24, 2.45) is 5.92 Å². The van der Waals surface area contributed by atoms with Gasteiger partial charge in [-0.25, -0.2) is 0 Å². The Morgan fingerprint density at radius 3 is 2.43 bits per heavy atom. The molecule has 5 nitrogen and oxygen atoms in total. The lowest BCUT2D eigenvalue weighted by Gasteiger charge is -2.10. The molecule has 2 aromatic carbocycles. The Morgan fingerprint density at radius 2 is 1.83 bits per heavy atom. The number of benzene rings is 2. The van der Waals surface area contributed by atoms with Crippen molar-refractivity contribution >= 4 is 63.9 Å². The van der Waals surface area contributed by atoms with Gasteiger partial charge in [0.05, 0.1) is 28.6 Å². The first-order valence-corrected chi connectivity index (χ1v) is 10.7. The molecule has 0 saturated heterocycles. The third kappa shape index (κ3) is 4.35. The maximum Gasteiger partial charge on any atom is 0.252 e. The van der Waals surface area contributed by atoms with E-state index in [4.69, 9.17) is 51.1 Å². The van der Waals surface area contributed by atoms with Gasteiger partial charge in [0, 0.05) is 18.2 Å². The number of hydrogen-bond donors (Lipinski definition) is 2. The van der Waals surface area contributed by atoms with Crippen molar-refractivity contribution < 1.29 is 14.3 Å². The molecule has 2 aromatic rings. The Kier molecular flexibility index (Phi) is 6.78. The highest BCUT2D eigenvalue weighted by Gasteiger charge is 2.67. The highest BCUT2D eigenvalue weighted by molar-refractivity contribution is 6.53. The van der Waals surface area contributed by atoms with Crippen LogP contribution in [-0.4, -0.2) is 29.8 Å². The first-order valence-electron chi connectivity index (χ1n) is 9.22. The second kappa shape index (κ2) is 8.83. The van der Waals surface area contributed by atoms with Crippen LogP contribution in [0.3, 0.4) is 0 Å². The van der Waals surface area contributed by atoms with E-state index in [1.54, 1.807) is 25.1 Å². The van der Waals surface area contributed by atoms with E-state index in [0.717, 1.165) is 11.1 Å². The largest absolute Gasteiger partial charge is 0.495 e. The summed E-state index contributed by atoms with van der Waals surface area (Å²) in [4.78, 5) is 25.0. The highest BCUT2D eigenvalue weighted by Crippen LogP contribution is 2.65. The standard InChI is InChI=1S/C21H20Cl4N2O3/c1-4-26-19(28)13-9-12(5-6-14(13)22)27-20(29)17-16(21(17,24)25)11-7-10(2)18(30-3)15(23)8-11/h5-9,16-17H,4H2,1-3H3,(H,26,28)(H,27,29). The number of methoxy groups -OCH3 is 1. The molecule has 30 heavy (non-hydrogen) atoms. The SMILES string of the molecule is CCNC(=O)c1cc(NC(=O)C2C(c3cc(C)c(OC)c(Cl)c3)C2(Cl)Cl)ccc1Cl. The van der Waals surface area contributed by atoms with Gasteiger partial charge < -0.3 is 15.4 Å². The van der Waals surface area contributed by atoms with Crippen molar-refractivity contribution in [3.63, 3.8) is 0 Å². The lowest BCUT2D eigenvalue weighted by molar-refractivity contribution is -0.117. The van der Waals surface area contributed by atoms with E-state index in [0.29, 0.717) is 23.0 Å². The van der Waals surface area contributed by atoms with Gasteiger partial charge in [0.1, 0.15) is 10.1 Å². The summed E-state index contributed by atoms with van der Waals surface area (Å²) < 4.78 is 4.00. The van der Waals surface area contributed by atoms with Gasteiger partial charge in [-0.2, -0.15) is 0 Å². The topological polar surface area (TPSA) is 67.4 Å². The number of anilines is 1. The average molecular weight is 490 g/mol. The highest BCUT2D eigenvalue weighted by atomic mass is 35.5. The molecule has 2 unspecified atom stereocenters. The molecule has 160 valence electrons. The van der Waals surface area contributed by atoms with Crippen LogP contribution < -0.4 is 15.4 Å². The van der Waals surface area contributed by atoms with Crippen molar-refractivity contribution in [2.45, 2.75) is 24.1 Å². The van der Waals surface area contributed by atoms with Gasteiger partial charge in [-0.15, -0.1) is 23.2 Å². The van der Waals surface area contributed by atoms with Crippen LogP contribution in [0.2, 0.25) is 10.0 Å². The molecule has 0 radical (unpaired) electrons. The smallest absolute Gasteiger partial charge is 0.252 e. The van der Waals surface area contributed by atoms with E-state index in [9.17, 15) is 9.59 Å². The molecule has 1 aliphatic carbocycles. The number of carbonyl (C=O) groups excluding carboxylic acids is 2. The Hall–Kier alpha value is -1.66. The number of alkyl halides is 2. The number of halogens is 4. The van der Waals surface area contributed by atoms with E-state index in [2.05, 4.69) is 10.6 Å². The average Bonchev–Trinajstić information content (AvgIpc) is 3.25. The molecular formula is C21H20Cl4N2O3. The number of ether oxygens (including phenoxy) is 1. The van der Waals surface area contributed by atoms with E-state index >= 15 is 0 Å². The van der Waals surface area contributed by atoms with Crippen LogP contribution in [-0.2, 0) is 4.79 Å². The zero-order valence-corrected chi connectivity index (χ0v) is 19.5. The molecule has 1 saturated carbocycles. The summed E-state index contributed by atoms with van der Waals surface area (Å²) in [5.41, 5.74) is 2.26. The van der Waals surface area contributed by atoms with E-state index < -0.39 is 16.2 Å². The van der Waals surface area contributed by atoms with Gasteiger partial charge in [-0.05, 0) is 49.2 Å². The van der Waals surface area contributed by atoms with Crippen LogP contribution in [0.15, 0.2) is 30.3 Å². The minimum Gasteiger partial charge on any atom is -0.495 e. The van der Waals surface area contributed by atoms with Crippen LogP contribution >= 0.6 is 46.4 Å². The zero-order chi connectivity index (χ0) is 22.2. The molecule has 0 aliphatic heterocycles. The Balaban J connectivity index is 1.81. The quantitative estimate of drug-likeness (QED) is 0.520. The second-order valence-corrected chi connectivity index (χ2v) is 9.28. The summed E-state index contributed by atoms with van der Waals surface area (Å²) in [6.45, 7) is 4.12. The van der Waals surface area contributed by atoms with E-state index in [1.165, 1.54) is 13.2 Å². The molecule has 2 N–H and O–H groups in total. The first-order chi connectivity index (χ1) is 14.1. The van der Waals surface area contributed by atoms with Crippen LogP contribution in [0.1, 0.15) is 34.3 Å². The third-order valence-electron chi connectivity index (χ3n) is 4.97. The fourth-order valence-corrected chi connectivity index (χ4v) is 4.90. The number of amides is 2. The summed E-state index contributed by atoms with van der Waals surface area (Å²) >= 11 is 25.3. The van der Waals surface area contributed by atoms with Crippen molar-refractivity contribution in [2.75, 3.05) is 19.0 Å². The summed E-state index contributed by atoms with van der Waals surface area (Å²) in [5, 5.41) is 6.16. The van der Waals surface area contributed by atoms with Crippen LogP contribution in [0, 0.1) is 12.8 Å². The number of aryl methyl sites for hydroxylation is 1. The predicted molar refractivity (Wildman–Crippen MR) is 121 cm³/mol. The normalized spacial score (nSPS) is 19.2. The summed E-state index contributed by atoms with van der Waals surface area (Å²) in [7, 11) is 1.54. The minimum absolute atomic E-state index is 0.268. The van der Waals surface area contributed by atoms with Gasteiger partial charge in [-0.1, -0.05) is 29.3 Å². The Morgan fingerprint density at radius 1 is 1.13 bits per heavy atom. The fraction of sp³-hybridized carbons (Fsp3) is 0.333. The van der Waals surface area contributed by atoms with Crippen LogP contribution in [0.5, 0.6) is 5.75 Å². The van der Waals surface area contributed by atoms with Crippen LogP contribution in [0.25, 0.3) is 0 Å². The van der Waals surface area contributed by atoms with Crippen LogP contribution in [0.4, 0.5) is 5.69 Å². The molecule has 0 heterocycles. The molecule has 0 aromatic heterocycles. The Bertz CT molecular complexity index is 987. The first kappa shape index (κ1) is 23.0. The lowest BCUT2D eigenvalue weighted by Crippen LogP contribution is -2.23.